The molecule has 1 atom stereocenters. The normalized spacial score (nSPS) is 29.2. The molecular formula is C12H20F2N2O. The van der Waals surface area contributed by atoms with Gasteiger partial charge in [0.25, 0.3) is 5.92 Å². The molecule has 5 heteroatoms. The van der Waals surface area contributed by atoms with Crippen LogP contribution in [0.2, 0.25) is 0 Å². The van der Waals surface area contributed by atoms with Crippen LogP contribution in [0.4, 0.5) is 13.6 Å². The molecule has 0 spiro atoms. The zero-order chi connectivity index (χ0) is 12.5. The Morgan fingerprint density at radius 1 is 1.18 bits per heavy atom. The second kappa shape index (κ2) is 4.78. The number of hydrogen-bond acceptors (Lipinski definition) is 1. The van der Waals surface area contributed by atoms with E-state index in [0.717, 1.165) is 25.8 Å². The van der Waals surface area contributed by atoms with Crippen molar-refractivity contribution < 1.29 is 13.6 Å². The van der Waals surface area contributed by atoms with Gasteiger partial charge in [-0.1, -0.05) is 0 Å². The molecule has 0 saturated carbocycles. The molecule has 0 aromatic heterocycles. The largest absolute Gasteiger partial charge is 0.324 e. The third kappa shape index (κ3) is 2.87. The van der Waals surface area contributed by atoms with Gasteiger partial charge in [0, 0.05) is 38.5 Å². The number of amides is 2. The quantitative estimate of drug-likeness (QED) is 0.644. The Bertz CT molecular complexity index is 286. The smallest absolute Gasteiger partial charge is 0.320 e. The summed E-state index contributed by atoms with van der Waals surface area (Å²) in [7, 11) is 0. The molecule has 2 fully saturated rings. The molecule has 17 heavy (non-hydrogen) atoms. The predicted molar refractivity (Wildman–Crippen MR) is 61.2 cm³/mol. The minimum absolute atomic E-state index is 0.0484. The SMILES string of the molecule is CC1CCCCN1C(=O)N1CCC(F)(F)CC1. The maximum absolute atomic E-state index is 13.0. The van der Waals surface area contributed by atoms with Crippen LogP contribution in [0.5, 0.6) is 0 Å². The number of halogens is 2. The summed E-state index contributed by atoms with van der Waals surface area (Å²) >= 11 is 0. The summed E-state index contributed by atoms with van der Waals surface area (Å²) in [6.45, 7) is 3.19. The number of rotatable bonds is 0. The van der Waals surface area contributed by atoms with Gasteiger partial charge in [-0.15, -0.1) is 0 Å². The van der Waals surface area contributed by atoms with E-state index in [-0.39, 0.29) is 38.0 Å². The highest BCUT2D eigenvalue weighted by Gasteiger charge is 2.37. The van der Waals surface area contributed by atoms with Crippen molar-refractivity contribution in [3.05, 3.63) is 0 Å². The molecule has 0 N–H and O–H groups in total. The first kappa shape index (κ1) is 12.6. The highest BCUT2D eigenvalue weighted by atomic mass is 19.3. The van der Waals surface area contributed by atoms with Crippen LogP contribution in [0.3, 0.4) is 0 Å². The molecule has 3 nitrogen and oxygen atoms in total. The van der Waals surface area contributed by atoms with E-state index in [0.29, 0.717) is 0 Å². The highest BCUT2D eigenvalue weighted by molar-refractivity contribution is 5.75. The average molecular weight is 246 g/mol. The lowest BCUT2D eigenvalue weighted by atomic mass is 10.0. The summed E-state index contributed by atoms with van der Waals surface area (Å²) in [4.78, 5) is 15.6. The van der Waals surface area contributed by atoms with E-state index < -0.39 is 5.92 Å². The Hall–Kier alpha value is -0.870. The minimum atomic E-state index is -2.58. The molecule has 98 valence electrons. The Morgan fingerprint density at radius 2 is 1.82 bits per heavy atom. The average Bonchev–Trinajstić information content (AvgIpc) is 2.29. The Balaban J connectivity index is 1.92. The molecular weight excluding hydrogens is 226 g/mol. The summed E-state index contributed by atoms with van der Waals surface area (Å²) in [6, 6.07) is 0.200. The Morgan fingerprint density at radius 3 is 2.41 bits per heavy atom. The van der Waals surface area contributed by atoms with Crippen molar-refractivity contribution in [3.63, 3.8) is 0 Å². The van der Waals surface area contributed by atoms with Crippen molar-refractivity contribution in [3.8, 4) is 0 Å². The van der Waals surface area contributed by atoms with E-state index in [1.54, 1.807) is 4.90 Å². The first-order valence-electron chi connectivity index (χ1n) is 6.43. The molecule has 1 unspecified atom stereocenters. The van der Waals surface area contributed by atoms with Gasteiger partial charge in [0.1, 0.15) is 0 Å². The third-order valence-electron chi connectivity index (χ3n) is 3.81. The van der Waals surface area contributed by atoms with Gasteiger partial charge in [-0.25, -0.2) is 13.6 Å². The van der Waals surface area contributed by atoms with E-state index >= 15 is 0 Å². The summed E-state index contributed by atoms with van der Waals surface area (Å²) in [5.41, 5.74) is 0. The highest BCUT2D eigenvalue weighted by Crippen LogP contribution is 2.29. The lowest BCUT2D eigenvalue weighted by molar-refractivity contribution is -0.0501. The van der Waals surface area contributed by atoms with Crippen LogP contribution in [0.25, 0.3) is 0 Å². The Kier molecular flexibility index (Phi) is 3.54. The first-order valence-corrected chi connectivity index (χ1v) is 6.43. The summed E-state index contributed by atoms with van der Waals surface area (Å²) < 4.78 is 26.0. The molecule has 2 rings (SSSR count). The standard InChI is InChI=1S/C12H20F2N2O/c1-10-4-2-3-7-16(10)11(17)15-8-5-12(13,14)6-9-15/h10H,2-9H2,1H3. The van der Waals surface area contributed by atoms with Gasteiger partial charge in [0.2, 0.25) is 0 Å². The molecule has 2 aliphatic rings. The number of carbonyl (C=O) groups is 1. The molecule has 0 bridgehead atoms. The molecule has 2 amide bonds. The van der Waals surface area contributed by atoms with Crippen molar-refractivity contribution in [1.29, 1.82) is 0 Å². The van der Waals surface area contributed by atoms with E-state index in [2.05, 4.69) is 0 Å². The number of piperidine rings is 2. The van der Waals surface area contributed by atoms with Gasteiger partial charge >= 0.3 is 6.03 Å². The molecule has 0 radical (unpaired) electrons. The molecule has 0 aromatic carbocycles. The lowest BCUT2D eigenvalue weighted by Crippen LogP contribution is -2.52. The van der Waals surface area contributed by atoms with Crippen LogP contribution in [0.1, 0.15) is 39.0 Å². The number of nitrogens with zero attached hydrogens (tertiary/aromatic N) is 2. The van der Waals surface area contributed by atoms with E-state index in [4.69, 9.17) is 0 Å². The zero-order valence-electron chi connectivity index (χ0n) is 10.3. The summed E-state index contributed by atoms with van der Waals surface area (Å²) in [5, 5.41) is 0. The van der Waals surface area contributed by atoms with Crippen molar-refractivity contribution in [2.45, 2.75) is 51.0 Å². The number of urea groups is 1. The van der Waals surface area contributed by atoms with Crippen LogP contribution >= 0.6 is 0 Å². The lowest BCUT2D eigenvalue weighted by Gasteiger charge is -2.40. The molecule has 0 aromatic rings. The van der Waals surface area contributed by atoms with Crippen LogP contribution in [-0.4, -0.2) is 47.4 Å². The molecule has 2 saturated heterocycles. The number of carbonyl (C=O) groups excluding carboxylic acids is 1. The first-order chi connectivity index (χ1) is 7.99. The number of likely N-dealkylation sites (tertiary alicyclic amines) is 2. The second-order valence-corrected chi connectivity index (χ2v) is 5.16. The van der Waals surface area contributed by atoms with Crippen molar-refractivity contribution in [1.82, 2.24) is 9.80 Å². The van der Waals surface area contributed by atoms with Gasteiger partial charge in [-0.3, -0.25) is 0 Å². The van der Waals surface area contributed by atoms with Crippen LogP contribution in [0, 0.1) is 0 Å². The fourth-order valence-electron chi connectivity index (χ4n) is 2.59. The van der Waals surface area contributed by atoms with Gasteiger partial charge in [-0.05, 0) is 26.2 Å². The third-order valence-corrected chi connectivity index (χ3v) is 3.81. The van der Waals surface area contributed by atoms with E-state index in [1.165, 1.54) is 0 Å². The fourth-order valence-corrected chi connectivity index (χ4v) is 2.59. The van der Waals surface area contributed by atoms with Gasteiger partial charge in [0.05, 0.1) is 0 Å². The van der Waals surface area contributed by atoms with E-state index in [1.807, 2.05) is 11.8 Å². The van der Waals surface area contributed by atoms with Gasteiger partial charge in [-0.2, -0.15) is 0 Å². The van der Waals surface area contributed by atoms with Gasteiger partial charge < -0.3 is 9.80 Å². The number of alkyl halides is 2. The summed E-state index contributed by atoms with van der Waals surface area (Å²) in [5.74, 6) is -2.58. The van der Waals surface area contributed by atoms with Crippen molar-refractivity contribution >= 4 is 6.03 Å². The van der Waals surface area contributed by atoms with Crippen LogP contribution in [-0.2, 0) is 0 Å². The zero-order valence-corrected chi connectivity index (χ0v) is 10.3. The predicted octanol–water partition coefficient (Wildman–Crippen LogP) is 2.71. The minimum Gasteiger partial charge on any atom is -0.324 e. The maximum atomic E-state index is 13.0. The topological polar surface area (TPSA) is 23.6 Å². The van der Waals surface area contributed by atoms with Crippen molar-refractivity contribution in [2.24, 2.45) is 0 Å². The molecule has 0 aliphatic carbocycles. The molecule has 2 aliphatic heterocycles. The number of hydrogen-bond donors (Lipinski definition) is 0. The summed E-state index contributed by atoms with van der Waals surface area (Å²) in [6.07, 6.45) is 2.82. The monoisotopic (exact) mass is 246 g/mol. The van der Waals surface area contributed by atoms with Crippen LogP contribution < -0.4 is 0 Å². The van der Waals surface area contributed by atoms with E-state index in [9.17, 15) is 13.6 Å². The second-order valence-electron chi connectivity index (χ2n) is 5.16. The Labute approximate surface area is 101 Å². The molecule has 2 heterocycles. The fraction of sp³-hybridized carbons (Fsp3) is 0.917. The maximum Gasteiger partial charge on any atom is 0.320 e. The van der Waals surface area contributed by atoms with Gasteiger partial charge in [0.15, 0.2) is 0 Å². The van der Waals surface area contributed by atoms with Crippen LogP contribution in [0.15, 0.2) is 0 Å². The van der Waals surface area contributed by atoms with Crippen molar-refractivity contribution in [2.75, 3.05) is 19.6 Å².